The fraction of sp³-hybridized carbons (Fsp3) is 0.389. The van der Waals surface area contributed by atoms with Gasteiger partial charge in [-0.25, -0.2) is 0 Å². The van der Waals surface area contributed by atoms with Gasteiger partial charge in [-0.3, -0.25) is 0 Å². The van der Waals surface area contributed by atoms with Crippen LogP contribution in [0.3, 0.4) is 0 Å². The average molecular weight is 321 g/mol. The average Bonchev–Trinajstić information content (AvgIpc) is 2.96. The maximum atomic E-state index is 9.21. The molecular formula is C18H19N5O. The largest absolute Gasteiger partial charge is 0.483 e. The Hall–Kier alpha value is -2.99. The summed E-state index contributed by atoms with van der Waals surface area (Å²) in [6, 6.07) is 7.58. The van der Waals surface area contributed by atoms with E-state index in [1.807, 2.05) is 50.1 Å². The smallest absolute Gasteiger partial charge is 0.217 e. The molecule has 0 amide bonds. The van der Waals surface area contributed by atoms with E-state index in [1.54, 1.807) is 6.07 Å². The fourth-order valence-corrected chi connectivity index (χ4v) is 3.13. The number of ether oxygens (including phenoxy) is 1. The number of guanidine groups is 1. The van der Waals surface area contributed by atoms with Crippen molar-refractivity contribution in [2.75, 3.05) is 19.6 Å². The molecule has 0 N–H and O–H groups in total. The molecule has 2 aliphatic rings. The second kappa shape index (κ2) is 5.90. The standard InChI is InChI=1S/C18H19N5O/c1-4-22-7-8-23(17(22)21-12-20)15-10-18(2,3)24-16-6-5-13(11-19)9-14(15)16/h5-6,9-10H,4,7-8H2,1-3H3. The van der Waals surface area contributed by atoms with Gasteiger partial charge in [-0.1, -0.05) is 0 Å². The molecule has 0 aliphatic carbocycles. The van der Waals surface area contributed by atoms with Crippen molar-refractivity contribution in [2.24, 2.45) is 4.99 Å². The van der Waals surface area contributed by atoms with Gasteiger partial charge in [-0.15, -0.1) is 4.99 Å². The van der Waals surface area contributed by atoms with Crippen molar-refractivity contribution in [3.63, 3.8) is 0 Å². The lowest BCUT2D eigenvalue weighted by Gasteiger charge is -2.34. The normalized spacial score (nSPS) is 20.0. The molecule has 2 aliphatic heterocycles. The molecule has 24 heavy (non-hydrogen) atoms. The molecule has 3 rings (SSSR count). The molecule has 1 fully saturated rings. The minimum atomic E-state index is -0.478. The summed E-state index contributed by atoms with van der Waals surface area (Å²) < 4.78 is 6.03. The van der Waals surface area contributed by atoms with E-state index in [-0.39, 0.29) is 0 Å². The van der Waals surface area contributed by atoms with Gasteiger partial charge in [0.1, 0.15) is 11.4 Å². The van der Waals surface area contributed by atoms with Gasteiger partial charge in [0.15, 0.2) is 0 Å². The van der Waals surface area contributed by atoms with Crippen LogP contribution in [0.5, 0.6) is 5.75 Å². The number of aliphatic imine (C=N–C) groups is 1. The topological polar surface area (TPSA) is 75.7 Å². The van der Waals surface area contributed by atoms with Gasteiger partial charge in [0, 0.05) is 25.2 Å². The Labute approximate surface area is 141 Å². The summed E-state index contributed by atoms with van der Waals surface area (Å²) in [6.45, 7) is 8.36. The van der Waals surface area contributed by atoms with E-state index in [1.165, 1.54) is 0 Å². The van der Waals surface area contributed by atoms with Crippen LogP contribution in [-0.2, 0) is 0 Å². The summed E-state index contributed by atoms with van der Waals surface area (Å²) >= 11 is 0. The molecule has 6 nitrogen and oxygen atoms in total. The number of benzene rings is 1. The number of hydrogen-bond acceptors (Lipinski definition) is 4. The van der Waals surface area contributed by atoms with Crippen LogP contribution in [0.4, 0.5) is 0 Å². The number of likely N-dealkylation sites (N-methyl/N-ethyl adjacent to an activating group) is 1. The lowest BCUT2D eigenvalue weighted by molar-refractivity contribution is 0.156. The monoisotopic (exact) mass is 321 g/mol. The van der Waals surface area contributed by atoms with Crippen LogP contribution < -0.4 is 4.74 Å². The van der Waals surface area contributed by atoms with E-state index in [4.69, 9.17) is 10.00 Å². The van der Waals surface area contributed by atoms with Crippen molar-refractivity contribution in [2.45, 2.75) is 26.4 Å². The van der Waals surface area contributed by atoms with Gasteiger partial charge >= 0.3 is 0 Å². The van der Waals surface area contributed by atoms with Crippen LogP contribution in [0.2, 0.25) is 0 Å². The van der Waals surface area contributed by atoms with Gasteiger partial charge in [-0.2, -0.15) is 10.5 Å². The van der Waals surface area contributed by atoms with Gasteiger partial charge in [0.05, 0.1) is 17.3 Å². The third kappa shape index (κ3) is 2.68. The molecule has 1 aromatic carbocycles. The summed E-state index contributed by atoms with van der Waals surface area (Å²) in [4.78, 5) is 8.13. The van der Waals surface area contributed by atoms with E-state index in [2.05, 4.69) is 16.0 Å². The first kappa shape index (κ1) is 15.9. The maximum absolute atomic E-state index is 9.21. The minimum Gasteiger partial charge on any atom is -0.483 e. The Morgan fingerprint density at radius 1 is 1.29 bits per heavy atom. The summed E-state index contributed by atoms with van der Waals surface area (Å²) in [5.74, 6) is 1.39. The van der Waals surface area contributed by atoms with Crippen molar-refractivity contribution < 1.29 is 4.74 Å². The number of nitriles is 2. The zero-order chi connectivity index (χ0) is 17.3. The Morgan fingerprint density at radius 2 is 2.08 bits per heavy atom. The van der Waals surface area contributed by atoms with Crippen LogP contribution in [0.15, 0.2) is 29.3 Å². The maximum Gasteiger partial charge on any atom is 0.217 e. The molecule has 0 spiro atoms. The van der Waals surface area contributed by atoms with E-state index in [0.29, 0.717) is 11.5 Å². The molecule has 0 aromatic heterocycles. The summed E-state index contributed by atoms with van der Waals surface area (Å²) in [6.07, 6.45) is 3.93. The number of nitrogens with zero attached hydrogens (tertiary/aromatic N) is 5. The molecule has 1 saturated heterocycles. The van der Waals surface area contributed by atoms with Crippen molar-refractivity contribution in [1.29, 1.82) is 10.5 Å². The van der Waals surface area contributed by atoms with Crippen molar-refractivity contribution >= 4 is 11.7 Å². The van der Waals surface area contributed by atoms with Gasteiger partial charge in [0.25, 0.3) is 0 Å². The number of fused-ring (bicyclic) bond motifs is 1. The van der Waals surface area contributed by atoms with Crippen LogP contribution in [0.1, 0.15) is 31.9 Å². The van der Waals surface area contributed by atoms with Gasteiger partial charge in [0.2, 0.25) is 12.2 Å². The van der Waals surface area contributed by atoms with Crippen molar-refractivity contribution in [1.82, 2.24) is 9.80 Å². The predicted molar refractivity (Wildman–Crippen MR) is 90.8 cm³/mol. The summed E-state index contributed by atoms with van der Waals surface area (Å²) in [5.41, 5.74) is 1.89. The van der Waals surface area contributed by atoms with Crippen LogP contribution in [0.25, 0.3) is 5.70 Å². The van der Waals surface area contributed by atoms with Crippen LogP contribution >= 0.6 is 0 Å². The molecule has 0 unspecified atom stereocenters. The zero-order valence-corrected chi connectivity index (χ0v) is 14.1. The third-order valence-corrected chi connectivity index (χ3v) is 4.18. The molecule has 0 atom stereocenters. The number of rotatable bonds is 2. The van der Waals surface area contributed by atoms with E-state index >= 15 is 0 Å². The highest BCUT2D eigenvalue weighted by Gasteiger charge is 2.35. The molecule has 122 valence electrons. The minimum absolute atomic E-state index is 0.478. The van der Waals surface area contributed by atoms with Crippen LogP contribution in [-0.4, -0.2) is 41.0 Å². The van der Waals surface area contributed by atoms with E-state index in [0.717, 1.165) is 36.6 Å². The first-order chi connectivity index (χ1) is 11.5. The lowest BCUT2D eigenvalue weighted by atomic mass is 9.97. The molecule has 0 saturated carbocycles. The number of hydrogen-bond donors (Lipinski definition) is 0. The van der Waals surface area contributed by atoms with Gasteiger partial charge < -0.3 is 14.5 Å². The van der Waals surface area contributed by atoms with E-state index in [9.17, 15) is 5.26 Å². The molecule has 0 bridgehead atoms. The quantitative estimate of drug-likeness (QED) is 0.782. The van der Waals surface area contributed by atoms with Crippen molar-refractivity contribution in [3.8, 4) is 18.0 Å². The van der Waals surface area contributed by atoms with Crippen LogP contribution in [0, 0.1) is 22.8 Å². The van der Waals surface area contributed by atoms with Gasteiger partial charge in [-0.05, 0) is 45.0 Å². The predicted octanol–water partition coefficient (Wildman–Crippen LogP) is 2.54. The molecule has 6 heteroatoms. The Kier molecular flexibility index (Phi) is 3.91. The second-order valence-corrected chi connectivity index (χ2v) is 6.30. The molecular weight excluding hydrogens is 302 g/mol. The zero-order valence-electron chi connectivity index (χ0n) is 14.1. The first-order valence-corrected chi connectivity index (χ1v) is 7.94. The van der Waals surface area contributed by atoms with E-state index < -0.39 is 5.60 Å². The highest BCUT2D eigenvalue weighted by Crippen LogP contribution is 2.39. The fourth-order valence-electron chi connectivity index (χ4n) is 3.13. The summed E-state index contributed by atoms with van der Waals surface area (Å²) in [5, 5.41) is 18.3. The SMILES string of the molecule is CCN1CCN(C2=CC(C)(C)Oc3ccc(C#N)cc32)C1=NC#N. The molecule has 0 radical (unpaired) electrons. The Bertz CT molecular complexity index is 810. The Morgan fingerprint density at radius 3 is 2.75 bits per heavy atom. The molecule has 1 aromatic rings. The Balaban J connectivity index is 2.13. The highest BCUT2D eigenvalue weighted by atomic mass is 16.5. The van der Waals surface area contributed by atoms with Crippen molar-refractivity contribution in [3.05, 3.63) is 35.4 Å². The summed E-state index contributed by atoms with van der Waals surface area (Å²) in [7, 11) is 0. The molecule has 2 heterocycles. The second-order valence-electron chi connectivity index (χ2n) is 6.30. The lowest BCUT2D eigenvalue weighted by Crippen LogP contribution is -2.37. The first-order valence-electron chi connectivity index (χ1n) is 7.94. The third-order valence-electron chi connectivity index (χ3n) is 4.18. The highest BCUT2D eigenvalue weighted by molar-refractivity contribution is 5.93.